The molecule has 0 aromatic heterocycles. The van der Waals surface area contributed by atoms with Gasteiger partial charge in [-0.15, -0.1) is 0 Å². The number of benzene rings is 2. The second-order valence-electron chi connectivity index (χ2n) is 7.22. The summed E-state index contributed by atoms with van der Waals surface area (Å²) in [6, 6.07) is 10.4. The lowest BCUT2D eigenvalue weighted by Gasteiger charge is -2.23. The molecule has 1 unspecified atom stereocenters. The van der Waals surface area contributed by atoms with Gasteiger partial charge in [-0.25, -0.2) is 8.78 Å². The molecule has 2 amide bonds. The van der Waals surface area contributed by atoms with E-state index in [9.17, 15) is 27.2 Å². The Bertz CT molecular complexity index is 1030. The molecule has 3 rings (SSSR count). The van der Waals surface area contributed by atoms with Gasteiger partial charge in [0.2, 0.25) is 5.91 Å². The Morgan fingerprint density at radius 1 is 1.19 bits per heavy atom. The van der Waals surface area contributed by atoms with Gasteiger partial charge in [0.05, 0.1) is 11.4 Å². The number of alkyl halides is 4. The summed E-state index contributed by atoms with van der Waals surface area (Å²) >= 11 is 0. The molecule has 31 heavy (non-hydrogen) atoms. The molecule has 1 aliphatic heterocycles. The highest BCUT2D eigenvalue weighted by molar-refractivity contribution is 6.32. The second kappa shape index (κ2) is 8.01. The number of carbonyl (C=O) groups excluding carboxylic acids is 2. The van der Waals surface area contributed by atoms with E-state index in [1.807, 2.05) is 0 Å². The van der Waals surface area contributed by atoms with Gasteiger partial charge in [0.25, 0.3) is 11.8 Å². The fourth-order valence-corrected chi connectivity index (χ4v) is 2.99. The van der Waals surface area contributed by atoms with Crippen molar-refractivity contribution in [3.05, 3.63) is 54.1 Å². The van der Waals surface area contributed by atoms with Crippen LogP contribution in [0.2, 0.25) is 0 Å². The molecule has 10 heteroatoms. The number of hydrogen-bond acceptors (Lipinski definition) is 4. The largest absolute Gasteiger partial charge is 0.435 e. The lowest BCUT2D eigenvalue weighted by Crippen LogP contribution is -2.46. The molecule has 1 N–H and O–H groups in total. The van der Waals surface area contributed by atoms with Crippen LogP contribution in [0, 0.1) is 5.41 Å². The van der Waals surface area contributed by atoms with Crippen LogP contribution < -0.4 is 15.1 Å². The fraction of sp³-hybridized carbons (Fsp3) is 0.286. The van der Waals surface area contributed by atoms with Crippen LogP contribution in [0.5, 0.6) is 5.75 Å². The SMILES string of the molecule is CC1=NN(c2ccc(OC(F)F)cc2)C(=O)C1(C)C(=O)Nc1cccc(C(C)(F)F)c1. The summed E-state index contributed by atoms with van der Waals surface area (Å²) in [5, 5.41) is 7.61. The van der Waals surface area contributed by atoms with Crippen molar-refractivity contribution in [3.8, 4) is 5.75 Å². The van der Waals surface area contributed by atoms with Gasteiger partial charge in [-0.1, -0.05) is 12.1 Å². The fourth-order valence-electron chi connectivity index (χ4n) is 2.99. The lowest BCUT2D eigenvalue weighted by atomic mass is 9.84. The number of nitrogens with one attached hydrogen (secondary N) is 1. The predicted octanol–water partition coefficient (Wildman–Crippen LogP) is 4.77. The highest BCUT2D eigenvalue weighted by atomic mass is 19.3. The van der Waals surface area contributed by atoms with Crippen molar-refractivity contribution in [3.63, 3.8) is 0 Å². The van der Waals surface area contributed by atoms with Gasteiger partial charge in [-0.2, -0.15) is 18.9 Å². The van der Waals surface area contributed by atoms with E-state index in [2.05, 4.69) is 15.2 Å². The van der Waals surface area contributed by atoms with E-state index < -0.39 is 29.8 Å². The summed E-state index contributed by atoms with van der Waals surface area (Å²) < 4.78 is 56.0. The normalized spacial score (nSPS) is 18.9. The van der Waals surface area contributed by atoms with Crippen molar-refractivity contribution in [2.75, 3.05) is 10.3 Å². The number of amides is 2. The van der Waals surface area contributed by atoms with Crippen LogP contribution in [0.4, 0.5) is 28.9 Å². The molecule has 0 spiro atoms. The molecule has 0 aliphatic carbocycles. The minimum absolute atomic E-state index is 0.0980. The van der Waals surface area contributed by atoms with Crippen LogP contribution in [0.25, 0.3) is 0 Å². The molecule has 6 nitrogen and oxygen atoms in total. The molecule has 0 fully saturated rings. The molecule has 1 atom stereocenters. The molecule has 0 saturated heterocycles. The van der Waals surface area contributed by atoms with Crippen molar-refractivity contribution in [1.29, 1.82) is 0 Å². The second-order valence-corrected chi connectivity index (χ2v) is 7.22. The summed E-state index contributed by atoms with van der Waals surface area (Å²) in [6.45, 7) is 0.609. The number of hydrogen-bond donors (Lipinski definition) is 1. The van der Waals surface area contributed by atoms with E-state index in [1.54, 1.807) is 0 Å². The van der Waals surface area contributed by atoms with Crippen LogP contribution in [0.15, 0.2) is 53.6 Å². The number of halogens is 4. The number of rotatable bonds is 6. The average molecular weight is 437 g/mol. The first kappa shape index (κ1) is 22.3. The zero-order valence-corrected chi connectivity index (χ0v) is 16.8. The number of anilines is 2. The standard InChI is InChI=1S/C21H19F4N3O3/c1-12-20(2,17(29)26-14-6-4-5-13(11-14)21(3,24)25)18(30)28(27-12)15-7-9-16(10-8-15)31-19(22)23/h4-11,19H,1-3H3,(H,26,29). The minimum atomic E-state index is -3.10. The summed E-state index contributed by atoms with van der Waals surface area (Å²) in [6.07, 6.45) is 0. The maximum atomic E-state index is 13.6. The van der Waals surface area contributed by atoms with Gasteiger partial charge >= 0.3 is 6.61 Å². The van der Waals surface area contributed by atoms with Gasteiger partial charge < -0.3 is 10.1 Å². The molecule has 2 aromatic rings. The smallest absolute Gasteiger partial charge is 0.387 e. The third kappa shape index (κ3) is 4.37. The quantitative estimate of drug-likeness (QED) is 0.523. The van der Waals surface area contributed by atoms with Crippen LogP contribution in [0.1, 0.15) is 26.3 Å². The summed E-state index contributed by atoms with van der Waals surface area (Å²) in [7, 11) is 0. The zero-order chi connectivity index (χ0) is 23.0. The number of hydrazone groups is 1. The van der Waals surface area contributed by atoms with Crippen LogP contribution in [-0.2, 0) is 15.5 Å². The van der Waals surface area contributed by atoms with Crippen LogP contribution >= 0.6 is 0 Å². The summed E-state index contributed by atoms with van der Waals surface area (Å²) in [4.78, 5) is 26.0. The van der Waals surface area contributed by atoms with Crippen molar-refractivity contribution >= 4 is 28.9 Å². The van der Waals surface area contributed by atoms with E-state index in [-0.39, 0.29) is 28.4 Å². The molecular formula is C21H19F4N3O3. The van der Waals surface area contributed by atoms with E-state index >= 15 is 0 Å². The Balaban J connectivity index is 1.81. The molecule has 0 bridgehead atoms. The Hall–Kier alpha value is -3.43. The first-order chi connectivity index (χ1) is 14.4. The molecule has 0 saturated carbocycles. The highest BCUT2D eigenvalue weighted by Crippen LogP contribution is 2.35. The van der Waals surface area contributed by atoms with Crippen molar-refractivity contribution in [2.24, 2.45) is 10.5 Å². The van der Waals surface area contributed by atoms with Gasteiger partial charge in [0.1, 0.15) is 5.75 Å². The molecule has 2 aromatic carbocycles. The third-order valence-electron chi connectivity index (χ3n) is 4.98. The number of ether oxygens (including phenoxy) is 1. The Morgan fingerprint density at radius 2 is 1.84 bits per heavy atom. The highest BCUT2D eigenvalue weighted by Gasteiger charge is 2.51. The third-order valence-corrected chi connectivity index (χ3v) is 4.98. The van der Waals surface area contributed by atoms with Gasteiger partial charge in [0.15, 0.2) is 5.41 Å². The van der Waals surface area contributed by atoms with Crippen molar-refractivity contribution in [1.82, 2.24) is 0 Å². The maximum Gasteiger partial charge on any atom is 0.387 e. The van der Waals surface area contributed by atoms with Gasteiger partial charge in [-0.3, -0.25) is 9.59 Å². The molecule has 164 valence electrons. The zero-order valence-electron chi connectivity index (χ0n) is 16.8. The minimum Gasteiger partial charge on any atom is -0.435 e. The Kier molecular flexibility index (Phi) is 5.75. The monoisotopic (exact) mass is 437 g/mol. The lowest BCUT2D eigenvalue weighted by molar-refractivity contribution is -0.132. The maximum absolute atomic E-state index is 13.6. The first-order valence-electron chi connectivity index (χ1n) is 9.18. The number of nitrogens with zero attached hydrogens (tertiary/aromatic N) is 2. The molecule has 1 aliphatic rings. The van der Waals surface area contributed by atoms with Crippen molar-refractivity contribution < 1.29 is 31.9 Å². The first-order valence-corrected chi connectivity index (χ1v) is 9.18. The van der Waals surface area contributed by atoms with E-state index in [4.69, 9.17) is 0 Å². The molecule has 1 heterocycles. The Morgan fingerprint density at radius 3 is 2.42 bits per heavy atom. The van der Waals surface area contributed by atoms with Gasteiger partial charge in [-0.05, 0) is 50.2 Å². The van der Waals surface area contributed by atoms with Gasteiger partial charge in [0, 0.05) is 18.2 Å². The molecule has 0 radical (unpaired) electrons. The summed E-state index contributed by atoms with van der Waals surface area (Å²) in [5.41, 5.74) is -1.44. The van der Waals surface area contributed by atoms with E-state index in [1.165, 1.54) is 56.3 Å². The average Bonchev–Trinajstić information content (AvgIpc) is 2.93. The Labute approximate surface area is 175 Å². The summed E-state index contributed by atoms with van der Waals surface area (Å²) in [5.74, 6) is -4.61. The van der Waals surface area contributed by atoms with E-state index in [0.29, 0.717) is 0 Å². The predicted molar refractivity (Wildman–Crippen MR) is 106 cm³/mol. The topological polar surface area (TPSA) is 71.0 Å². The van der Waals surface area contributed by atoms with Crippen molar-refractivity contribution in [2.45, 2.75) is 33.3 Å². The van der Waals surface area contributed by atoms with Crippen LogP contribution in [-0.4, -0.2) is 24.1 Å². The van der Waals surface area contributed by atoms with Crippen LogP contribution in [0.3, 0.4) is 0 Å². The number of carbonyl (C=O) groups is 2. The molecular weight excluding hydrogens is 418 g/mol. The van der Waals surface area contributed by atoms with E-state index in [0.717, 1.165) is 18.0 Å².